The van der Waals surface area contributed by atoms with Crippen LogP contribution < -0.4 is 10.1 Å². The Morgan fingerprint density at radius 1 is 0.909 bits per heavy atom. The number of hydrogen-bond acceptors (Lipinski definition) is 3. The summed E-state index contributed by atoms with van der Waals surface area (Å²) in [4.78, 5) is 0. The number of phenolic OH excluding ortho intramolecular Hbond substituents is 1. The molecule has 1 unspecified atom stereocenters. The molecule has 4 heteroatoms. The summed E-state index contributed by atoms with van der Waals surface area (Å²) in [7, 11) is 0. The summed E-state index contributed by atoms with van der Waals surface area (Å²) in [6.07, 6.45) is 6.72. The highest BCUT2D eigenvalue weighted by molar-refractivity contribution is 5.48. The number of nitrogens with one attached hydrogen (secondary N) is 1. The van der Waals surface area contributed by atoms with Gasteiger partial charge in [0, 0.05) is 12.0 Å². The Hall–Kier alpha value is -2.85. The Morgan fingerprint density at radius 2 is 1.70 bits per heavy atom. The Balaban J connectivity index is 1.36. The van der Waals surface area contributed by atoms with Gasteiger partial charge in [0.15, 0.2) is 0 Å². The fourth-order valence-corrected chi connectivity index (χ4v) is 5.55. The van der Waals surface area contributed by atoms with E-state index in [2.05, 4.69) is 29.6 Å². The number of piperidine rings is 1. The average Bonchev–Trinajstić information content (AvgIpc) is 2.85. The summed E-state index contributed by atoms with van der Waals surface area (Å²) < 4.78 is 19.6. The Kier molecular flexibility index (Phi) is 6.63. The van der Waals surface area contributed by atoms with Crippen molar-refractivity contribution in [3.05, 3.63) is 94.8 Å². The topological polar surface area (TPSA) is 41.5 Å². The van der Waals surface area contributed by atoms with Gasteiger partial charge in [0.25, 0.3) is 0 Å². The molecular weight excluding hydrogens is 413 g/mol. The number of aryl methyl sites for hydroxylation is 1. The van der Waals surface area contributed by atoms with Crippen LogP contribution in [0.3, 0.4) is 0 Å². The first-order valence-electron chi connectivity index (χ1n) is 12.2. The van der Waals surface area contributed by atoms with Crippen LogP contribution in [-0.2, 0) is 6.42 Å². The third-order valence-corrected chi connectivity index (χ3v) is 7.27. The van der Waals surface area contributed by atoms with Gasteiger partial charge in [-0.15, -0.1) is 0 Å². The molecule has 0 saturated carbocycles. The summed E-state index contributed by atoms with van der Waals surface area (Å²) in [5, 5.41) is 13.6. The van der Waals surface area contributed by atoms with E-state index in [0.29, 0.717) is 11.8 Å². The molecule has 33 heavy (non-hydrogen) atoms. The predicted octanol–water partition coefficient (Wildman–Crippen LogP) is 6.30. The van der Waals surface area contributed by atoms with Crippen molar-refractivity contribution in [2.24, 2.45) is 0 Å². The molecule has 3 atom stereocenters. The number of rotatable bonds is 6. The van der Waals surface area contributed by atoms with Gasteiger partial charge in [-0.2, -0.15) is 0 Å². The number of ether oxygens (including phenoxy) is 1. The lowest BCUT2D eigenvalue weighted by Crippen LogP contribution is -2.35. The Bertz CT molecular complexity index is 1060. The van der Waals surface area contributed by atoms with Gasteiger partial charge in [-0.25, -0.2) is 4.39 Å². The summed E-state index contributed by atoms with van der Waals surface area (Å²) >= 11 is 0. The highest BCUT2D eigenvalue weighted by atomic mass is 19.1. The molecule has 1 fully saturated rings. The van der Waals surface area contributed by atoms with Crippen LogP contribution in [0, 0.1) is 5.82 Å². The Morgan fingerprint density at radius 3 is 2.45 bits per heavy atom. The van der Waals surface area contributed by atoms with Crippen LogP contribution in [0.25, 0.3) is 0 Å². The van der Waals surface area contributed by atoms with Crippen molar-refractivity contribution in [2.45, 2.75) is 56.4 Å². The van der Waals surface area contributed by atoms with E-state index in [4.69, 9.17) is 4.74 Å². The average molecular weight is 446 g/mol. The molecular formula is C29H32FNO2. The molecule has 172 valence electrons. The van der Waals surface area contributed by atoms with Gasteiger partial charge in [0.2, 0.25) is 0 Å². The van der Waals surface area contributed by atoms with E-state index < -0.39 is 0 Å². The van der Waals surface area contributed by atoms with E-state index in [9.17, 15) is 9.50 Å². The van der Waals surface area contributed by atoms with Gasteiger partial charge in [-0.05, 0) is 103 Å². The van der Waals surface area contributed by atoms with Gasteiger partial charge in [0.05, 0.1) is 6.61 Å². The van der Waals surface area contributed by atoms with Crippen molar-refractivity contribution in [3.63, 3.8) is 0 Å². The molecule has 3 aromatic rings. The normalized spacial score (nSPS) is 22.5. The molecule has 0 radical (unpaired) electrons. The molecule has 2 N–H and O–H groups in total. The van der Waals surface area contributed by atoms with Crippen LogP contribution in [0.2, 0.25) is 0 Å². The van der Waals surface area contributed by atoms with Crippen LogP contribution in [0.5, 0.6) is 11.5 Å². The number of hydrogen-bond donors (Lipinski definition) is 2. The minimum atomic E-state index is -0.207. The minimum absolute atomic E-state index is 0.153. The maximum absolute atomic E-state index is 13.6. The third kappa shape index (κ3) is 5.06. The van der Waals surface area contributed by atoms with E-state index in [1.165, 1.54) is 36.0 Å². The summed E-state index contributed by atoms with van der Waals surface area (Å²) in [6, 6.07) is 21.7. The molecule has 0 amide bonds. The van der Waals surface area contributed by atoms with E-state index in [0.717, 1.165) is 43.7 Å². The number of fused-ring (bicyclic) bond motifs is 1. The van der Waals surface area contributed by atoms with Crippen molar-refractivity contribution >= 4 is 0 Å². The standard InChI is InChI=1S/C29H32FNO2/c30-23-9-4-20(5-10-23)27-14-8-22-19-25(32)11-15-28(22)29(27)21-6-12-26(13-7-21)33-18-16-24-3-1-2-17-31-24/h4-7,9-13,15,19,24,27,29,31-32H,1-3,8,14,16-18H2/t24?,27-,29+/m0/s1. The minimum Gasteiger partial charge on any atom is -0.508 e. The number of aromatic hydroxyl groups is 1. The monoisotopic (exact) mass is 445 g/mol. The van der Waals surface area contributed by atoms with Crippen LogP contribution in [0.4, 0.5) is 4.39 Å². The molecule has 0 bridgehead atoms. The fraction of sp³-hybridized carbons (Fsp3) is 0.379. The summed E-state index contributed by atoms with van der Waals surface area (Å²) in [5.41, 5.74) is 4.81. The van der Waals surface area contributed by atoms with E-state index in [-0.39, 0.29) is 17.7 Å². The second-order valence-electron chi connectivity index (χ2n) is 9.41. The zero-order chi connectivity index (χ0) is 22.6. The maximum Gasteiger partial charge on any atom is 0.123 e. The van der Waals surface area contributed by atoms with Crippen molar-refractivity contribution in [3.8, 4) is 11.5 Å². The van der Waals surface area contributed by atoms with Gasteiger partial charge >= 0.3 is 0 Å². The highest BCUT2D eigenvalue weighted by Crippen LogP contribution is 2.47. The molecule has 1 heterocycles. The molecule has 3 nitrogen and oxygen atoms in total. The van der Waals surface area contributed by atoms with Gasteiger partial charge in [-0.1, -0.05) is 36.8 Å². The van der Waals surface area contributed by atoms with Crippen LogP contribution >= 0.6 is 0 Å². The molecule has 1 saturated heterocycles. The van der Waals surface area contributed by atoms with Crippen molar-refractivity contribution in [1.29, 1.82) is 0 Å². The first kappa shape index (κ1) is 22.0. The van der Waals surface area contributed by atoms with Crippen LogP contribution in [-0.4, -0.2) is 24.3 Å². The number of halogens is 1. The van der Waals surface area contributed by atoms with Crippen LogP contribution in [0.1, 0.15) is 66.2 Å². The van der Waals surface area contributed by atoms with Gasteiger partial charge in [0.1, 0.15) is 17.3 Å². The second-order valence-corrected chi connectivity index (χ2v) is 9.41. The lowest BCUT2D eigenvalue weighted by molar-refractivity contribution is 0.268. The van der Waals surface area contributed by atoms with E-state index in [1.54, 1.807) is 18.2 Å². The Labute approximate surface area is 195 Å². The summed E-state index contributed by atoms with van der Waals surface area (Å²) in [5.74, 6) is 1.41. The quantitative estimate of drug-likeness (QED) is 0.468. The lowest BCUT2D eigenvalue weighted by Gasteiger charge is -2.35. The van der Waals surface area contributed by atoms with Crippen molar-refractivity contribution < 1.29 is 14.2 Å². The van der Waals surface area contributed by atoms with Crippen molar-refractivity contribution in [2.75, 3.05) is 13.2 Å². The smallest absolute Gasteiger partial charge is 0.123 e. The highest BCUT2D eigenvalue weighted by Gasteiger charge is 2.32. The predicted molar refractivity (Wildman–Crippen MR) is 130 cm³/mol. The SMILES string of the molecule is Oc1ccc2c(c1)CC[C@@H](c1ccc(F)cc1)[C@H]2c1ccc(OCCC2CCCCN2)cc1. The number of phenols is 1. The molecule has 3 aromatic carbocycles. The fourth-order valence-electron chi connectivity index (χ4n) is 5.55. The van der Waals surface area contributed by atoms with E-state index in [1.807, 2.05) is 24.3 Å². The molecule has 1 aliphatic heterocycles. The van der Waals surface area contributed by atoms with Crippen LogP contribution in [0.15, 0.2) is 66.7 Å². The maximum atomic E-state index is 13.6. The zero-order valence-corrected chi connectivity index (χ0v) is 19.0. The molecule has 0 spiro atoms. The summed E-state index contributed by atoms with van der Waals surface area (Å²) in [6.45, 7) is 1.84. The molecule has 0 aromatic heterocycles. The number of benzene rings is 3. The van der Waals surface area contributed by atoms with E-state index >= 15 is 0 Å². The van der Waals surface area contributed by atoms with Gasteiger partial charge in [-0.3, -0.25) is 0 Å². The largest absolute Gasteiger partial charge is 0.508 e. The van der Waals surface area contributed by atoms with Gasteiger partial charge < -0.3 is 15.2 Å². The first-order chi connectivity index (χ1) is 16.2. The molecule has 1 aliphatic carbocycles. The van der Waals surface area contributed by atoms with Crippen molar-refractivity contribution in [1.82, 2.24) is 5.32 Å². The molecule has 5 rings (SSSR count). The molecule has 2 aliphatic rings. The lowest BCUT2D eigenvalue weighted by atomic mass is 9.69. The zero-order valence-electron chi connectivity index (χ0n) is 19.0. The first-order valence-corrected chi connectivity index (χ1v) is 12.2. The second kappa shape index (κ2) is 9.96. The third-order valence-electron chi connectivity index (χ3n) is 7.27.